The largest absolute Gasteiger partial charge is 0.481 e. The average Bonchev–Trinajstić information content (AvgIpc) is 3.11. The fourth-order valence-electron chi connectivity index (χ4n) is 3.49. The molecule has 142 valence electrons. The Labute approximate surface area is 157 Å². The van der Waals surface area contributed by atoms with Crippen LogP contribution in [0.2, 0.25) is 0 Å². The van der Waals surface area contributed by atoms with Crippen molar-refractivity contribution in [3.05, 3.63) is 64.1 Å². The highest BCUT2D eigenvalue weighted by molar-refractivity contribution is 5.93. The Kier molecular flexibility index (Phi) is 5.12. The highest BCUT2D eigenvalue weighted by atomic mass is 16.4. The minimum absolute atomic E-state index is 0.0900. The number of carboxylic acid groups (broad SMARTS) is 1. The summed E-state index contributed by atoms with van der Waals surface area (Å²) in [7, 11) is 0. The van der Waals surface area contributed by atoms with Gasteiger partial charge in [0.25, 0.3) is 11.5 Å². The number of carboxylic acids is 1. The summed E-state index contributed by atoms with van der Waals surface area (Å²) >= 11 is 0. The van der Waals surface area contributed by atoms with Crippen molar-refractivity contribution in [1.82, 2.24) is 14.7 Å². The van der Waals surface area contributed by atoms with Gasteiger partial charge in [0.05, 0.1) is 12.0 Å². The summed E-state index contributed by atoms with van der Waals surface area (Å²) in [6.07, 6.45) is 0.412. The van der Waals surface area contributed by atoms with Gasteiger partial charge in [-0.05, 0) is 24.0 Å². The molecule has 27 heavy (non-hydrogen) atoms. The predicted molar refractivity (Wildman–Crippen MR) is 99.5 cm³/mol. The third-order valence-electron chi connectivity index (χ3n) is 5.38. The molecule has 0 bridgehead atoms. The van der Waals surface area contributed by atoms with E-state index in [2.05, 4.69) is 5.10 Å². The Hall–Kier alpha value is -2.96. The van der Waals surface area contributed by atoms with Crippen LogP contribution in [0.5, 0.6) is 0 Å². The number of benzene rings is 1. The lowest BCUT2D eigenvalue weighted by molar-refractivity contribution is -0.150. The van der Waals surface area contributed by atoms with Gasteiger partial charge in [0.2, 0.25) is 0 Å². The number of amides is 1. The minimum atomic E-state index is -0.936. The quantitative estimate of drug-likeness (QED) is 0.868. The summed E-state index contributed by atoms with van der Waals surface area (Å²) in [6.45, 7) is 4.51. The lowest BCUT2D eigenvalue weighted by atomic mass is 9.76. The molecule has 7 heteroatoms. The van der Waals surface area contributed by atoms with E-state index in [0.717, 1.165) is 5.56 Å². The fraction of sp³-hybridized carbons (Fsp3) is 0.400. The van der Waals surface area contributed by atoms with E-state index in [4.69, 9.17) is 0 Å². The first-order chi connectivity index (χ1) is 12.8. The second kappa shape index (κ2) is 7.34. The number of hydrogen-bond donors (Lipinski definition) is 1. The van der Waals surface area contributed by atoms with Gasteiger partial charge in [0.15, 0.2) is 0 Å². The van der Waals surface area contributed by atoms with Gasteiger partial charge < -0.3 is 10.0 Å². The zero-order valence-corrected chi connectivity index (χ0v) is 15.5. The molecule has 1 atom stereocenters. The molecule has 1 aromatic carbocycles. The maximum atomic E-state index is 12.9. The number of hydrogen-bond acceptors (Lipinski definition) is 4. The van der Waals surface area contributed by atoms with Crippen molar-refractivity contribution < 1.29 is 14.7 Å². The molecule has 0 saturated carbocycles. The summed E-state index contributed by atoms with van der Waals surface area (Å²) in [5.41, 5.74) is -0.175. The van der Waals surface area contributed by atoms with Crippen LogP contribution in [0.15, 0.2) is 47.3 Å². The highest BCUT2D eigenvalue weighted by Crippen LogP contribution is 2.38. The zero-order valence-electron chi connectivity index (χ0n) is 15.5. The van der Waals surface area contributed by atoms with Crippen molar-refractivity contribution in [1.29, 1.82) is 0 Å². The van der Waals surface area contributed by atoms with Crippen LogP contribution in [0.3, 0.4) is 0 Å². The van der Waals surface area contributed by atoms with E-state index in [1.807, 2.05) is 44.2 Å². The second-order valence-electron chi connectivity index (χ2n) is 7.29. The van der Waals surface area contributed by atoms with E-state index in [9.17, 15) is 19.5 Å². The maximum Gasteiger partial charge on any atom is 0.311 e. The van der Waals surface area contributed by atoms with Crippen molar-refractivity contribution in [3.63, 3.8) is 0 Å². The van der Waals surface area contributed by atoms with Gasteiger partial charge in [-0.15, -0.1) is 0 Å². The molecule has 1 unspecified atom stereocenters. The normalized spacial score (nSPS) is 19.4. The molecule has 1 saturated heterocycles. The van der Waals surface area contributed by atoms with Crippen LogP contribution in [0.4, 0.5) is 0 Å². The number of rotatable bonds is 5. The summed E-state index contributed by atoms with van der Waals surface area (Å²) < 4.78 is 1.26. The first kappa shape index (κ1) is 18.8. The van der Waals surface area contributed by atoms with E-state index in [-0.39, 0.29) is 36.2 Å². The molecular formula is C20H23N3O4. The van der Waals surface area contributed by atoms with Crippen LogP contribution in [0.1, 0.15) is 36.3 Å². The Morgan fingerprint density at radius 2 is 1.89 bits per heavy atom. The van der Waals surface area contributed by atoms with E-state index in [0.29, 0.717) is 13.0 Å². The number of aromatic nitrogens is 2. The smallest absolute Gasteiger partial charge is 0.311 e. The summed E-state index contributed by atoms with van der Waals surface area (Å²) in [5.74, 6) is -1.32. The molecule has 3 rings (SSSR count). The molecule has 2 aromatic rings. The van der Waals surface area contributed by atoms with Crippen molar-refractivity contribution in [2.45, 2.75) is 26.8 Å². The van der Waals surface area contributed by atoms with Gasteiger partial charge in [0.1, 0.15) is 5.69 Å². The monoisotopic (exact) mass is 369 g/mol. The van der Waals surface area contributed by atoms with Crippen LogP contribution >= 0.6 is 0 Å². The molecule has 1 N–H and O–H groups in total. The Morgan fingerprint density at radius 1 is 1.19 bits per heavy atom. The summed E-state index contributed by atoms with van der Waals surface area (Å²) in [4.78, 5) is 38.2. The van der Waals surface area contributed by atoms with Gasteiger partial charge in [-0.3, -0.25) is 14.4 Å². The number of aliphatic carboxylic acids is 1. The molecule has 1 aliphatic heterocycles. The van der Waals surface area contributed by atoms with Gasteiger partial charge >= 0.3 is 5.97 Å². The maximum absolute atomic E-state index is 12.9. The Bertz CT molecular complexity index is 907. The standard InChI is InChI=1S/C20H23N3O4/c1-14(2)20(19(26)27)10-11-22(13-20)18(25)16-8-9-17(24)23(21-16)12-15-6-4-3-5-7-15/h3-9,14H,10-13H2,1-2H3,(H,26,27). The number of carbonyl (C=O) groups is 2. The van der Waals surface area contributed by atoms with Crippen LogP contribution in [-0.4, -0.2) is 44.8 Å². The van der Waals surface area contributed by atoms with Gasteiger partial charge in [-0.1, -0.05) is 44.2 Å². The molecule has 1 aliphatic rings. The van der Waals surface area contributed by atoms with Crippen LogP contribution in [-0.2, 0) is 11.3 Å². The number of carbonyl (C=O) groups excluding carboxylic acids is 1. The first-order valence-corrected chi connectivity index (χ1v) is 8.98. The summed E-state index contributed by atoms with van der Waals surface area (Å²) in [5, 5.41) is 13.9. The predicted octanol–water partition coefficient (Wildman–Crippen LogP) is 1.86. The third kappa shape index (κ3) is 3.63. The van der Waals surface area contributed by atoms with E-state index in [1.54, 1.807) is 0 Å². The number of likely N-dealkylation sites (tertiary alicyclic amines) is 1. The van der Waals surface area contributed by atoms with E-state index in [1.165, 1.54) is 21.7 Å². The molecule has 7 nitrogen and oxygen atoms in total. The van der Waals surface area contributed by atoms with E-state index < -0.39 is 11.4 Å². The molecule has 0 spiro atoms. The van der Waals surface area contributed by atoms with E-state index >= 15 is 0 Å². The summed E-state index contributed by atoms with van der Waals surface area (Å²) in [6, 6.07) is 12.1. The Morgan fingerprint density at radius 3 is 2.48 bits per heavy atom. The molecule has 1 aromatic heterocycles. The second-order valence-corrected chi connectivity index (χ2v) is 7.29. The van der Waals surface area contributed by atoms with Crippen LogP contribution in [0.25, 0.3) is 0 Å². The number of nitrogens with zero attached hydrogens (tertiary/aromatic N) is 3. The van der Waals surface area contributed by atoms with Gasteiger partial charge in [0, 0.05) is 19.2 Å². The topological polar surface area (TPSA) is 92.5 Å². The van der Waals surface area contributed by atoms with Crippen molar-refractivity contribution in [2.24, 2.45) is 11.3 Å². The molecule has 1 amide bonds. The molecule has 0 aliphatic carbocycles. The fourth-order valence-corrected chi connectivity index (χ4v) is 3.49. The average molecular weight is 369 g/mol. The molecule has 2 heterocycles. The van der Waals surface area contributed by atoms with Crippen LogP contribution in [0, 0.1) is 11.3 Å². The lowest BCUT2D eigenvalue weighted by Crippen LogP contribution is -2.41. The highest BCUT2D eigenvalue weighted by Gasteiger charge is 2.48. The first-order valence-electron chi connectivity index (χ1n) is 8.98. The minimum Gasteiger partial charge on any atom is -0.481 e. The molecule has 1 fully saturated rings. The third-order valence-corrected chi connectivity index (χ3v) is 5.38. The van der Waals surface area contributed by atoms with Crippen molar-refractivity contribution in [2.75, 3.05) is 13.1 Å². The Balaban J connectivity index is 1.83. The zero-order chi connectivity index (χ0) is 19.6. The molecular weight excluding hydrogens is 346 g/mol. The van der Waals surface area contributed by atoms with Gasteiger partial charge in [-0.2, -0.15) is 5.10 Å². The van der Waals surface area contributed by atoms with Crippen LogP contribution < -0.4 is 5.56 Å². The SMILES string of the molecule is CC(C)C1(C(=O)O)CCN(C(=O)c2ccc(=O)n(Cc3ccccc3)n2)C1. The van der Waals surface area contributed by atoms with Gasteiger partial charge in [-0.25, -0.2) is 4.68 Å². The molecule has 0 radical (unpaired) electrons. The van der Waals surface area contributed by atoms with Crippen molar-refractivity contribution >= 4 is 11.9 Å². The van der Waals surface area contributed by atoms with Crippen molar-refractivity contribution in [3.8, 4) is 0 Å². The lowest BCUT2D eigenvalue weighted by Gasteiger charge is -2.28.